The summed E-state index contributed by atoms with van der Waals surface area (Å²) in [6, 6.07) is 0.597. The molecule has 4 rings (SSSR count). The van der Waals surface area contributed by atoms with Crippen molar-refractivity contribution in [2.75, 3.05) is 6.54 Å². The maximum atomic E-state index is 4.28. The molecule has 0 amide bonds. The first-order valence-corrected chi connectivity index (χ1v) is 8.07. The predicted molar refractivity (Wildman–Crippen MR) is 77.4 cm³/mol. The molecular formula is C17H29N. The molecule has 0 heterocycles. The highest BCUT2D eigenvalue weighted by atomic mass is 14.9. The fourth-order valence-electron chi connectivity index (χ4n) is 5.45. The van der Waals surface area contributed by atoms with E-state index in [1.807, 2.05) is 0 Å². The van der Waals surface area contributed by atoms with Crippen LogP contribution in [0.5, 0.6) is 0 Å². The van der Waals surface area contributed by atoms with E-state index in [-0.39, 0.29) is 0 Å². The van der Waals surface area contributed by atoms with Gasteiger partial charge in [-0.05, 0) is 81.6 Å². The van der Waals surface area contributed by atoms with Crippen molar-refractivity contribution in [3.8, 4) is 0 Å². The Balaban J connectivity index is 1.75. The molecule has 1 heteroatoms. The minimum Gasteiger partial charge on any atom is -0.310 e. The van der Waals surface area contributed by atoms with E-state index in [9.17, 15) is 0 Å². The van der Waals surface area contributed by atoms with E-state index < -0.39 is 0 Å². The lowest BCUT2D eigenvalue weighted by molar-refractivity contribution is -0.0466. The Morgan fingerprint density at radius 2 is 1.67 bits per heavy atom. The Hall–Kier alpha value is -0.300. The van der Waals surface area contributed by atoms with Crippen LogP contribution in [-0.2, 0) is 0 Å². The topological polar surface area (TPSA) is 12.0 Å². The summed E-state index contributed by atoms with van der Waals surface area (Å²) in [5.74, 6) is 5.09. The zero-order valence-electron chi connectivity index (χ0n) is 12.1. The third-order valence-electron chi connectivity index (χ3n) is 5.83. The van der Waals surface area contributed by atoms with Crippen LogP contribution in [0.4, 0.5) is 0 Å². The molecule has 1 nitrogen and oxygen atoms in total. The molecule has 4 fully saturated rings. The minimum atomic E-state index is 0.597. The molecule has 1 unspecified atom stereocenters. The standard InChI is InChI=1S/C17H29N/c1-4-5-18-17(11(2)3)16-14-7-12-6-13(9-14)10-15(16)8-12/h12-18H,2,4-10H2,1,3H3. The van der Waals surface area contributed by atoms with Crippen LogP contribution in [-0.4, -0.2) is 12.6 Å². The van der Waals surface area contributed by atoms with E-state index in [0.29, 0.717) is 6.04 Å². The molecule has 0 aromatic carbocycles. The zero-order valence-corrected chi connectivity index (χ0v) is 12.1. The molecule has 4 saturated carbocycles. The fraction of sp³-hybridized carbons (Fsp3) is 0.882. The van der Waals surface area contributed by atoms with Crippen LogP contribution in [0, 0.1) is 29.6 Å². The van der Waals surface area contributed by atoms with E-state index in [4.69, 9.17) is 0 Å². The molecule has 4 aliphatic carbocycles. The summed E-state index contributed by atoms with van der Waals surface area (Å²) in [6.45, 7) is 9.93. The smallest absolute Gasteiger partial charge is 0.0307 e. The zero-order chi connectivity index (χ0) is 12.7. The number of nitrogens with one attached hydrogen (secondary N) is 1. The highest BCUT2D eigenvalue weighted by Crippen LogP contribution is 2.57. The molecule has 0 spiro atoms. The summed E-state index contributed by atoms with van der Waals surface area (Å²) in [7, 11) is 0. The lowest BCUT2D eigenvalue weighted by atomic mass is 9.50. The first-order valence-electron chi connectivity index (χ1n) is 8.07. The molecular weight excluding hydrogens is 218 g/mol. The quantitative estimate of drug-likeness (QED) is 0.724. The fourth-order valence-corrected chi connectivity index (χ4v) is 5.45. The van der Waals surface area contributed by atoms with Crippen LogP contribution in [0.25, 0.3) is 0 Å². The second kappa shape index (κ2) is 5.00. The molecule has 0 saturated heterocycles. The first kappa shape index (κ1) is 12.7. The van der Waals surface area contributed by atoms with Gasteiger partial charge in [-0.2, -0.15) is 0 Å². The van der Waals surface area contributed by atoms with Crippen LogP contribution in [0.3, 0.4) is 0 Å². The van der Waals surface area contributed by atoms with E-state index >= 15 is 0 Å². The summed E-state index contributed by atoms with van der Waals surface area (Å²) in [4.78, 5) is 0. The Morgan fingerprint density at radius 3 is 2.11 bits per heavy atom. The van der Waals surface area contributed by atoms with Gasteiger partial charge in [0.15, 0.2) is 0 Å². The van der Waals surface area contributed by atoms with Crippen LogP contribution >= 0.6 is 0 Å². The van der Waals surface area contributed by atoms with Gasteiger partial charge >= 0.3 is 0 Å². The molecule has 0 radical (unpaired) electrons. The Morgan fingerprint density at radius 1 is 1.11 bits per heavy atom. The summed E-state index contributed by atoms with van der Waals surface area (Å²) in [6.07, 6.45) is 8.88. The van der Waals surface area contributed by atoms with Gasteiger partial charge in [0.25, 0.3) is 0 Å². The van der Waals surface area contributed by atoms with Crippen molar-refractivity contribution < 1.29 is 0 Å². The highest BCUT2D eigenvalue weighted by Gasteiger charge is 2.50. The molecule has 0 aliphatic heterocycles. The molecule has 4 bridgehead atoms. The summed E-state index contributed by atoms with van der Waals surface area (Å²) in [5, 5.41) is 3.80. The van der Waals surface area contributed by atoms with Crippen molar-refractivity contribution in [2.24, 2.45) is 29.6 Å². The van der Waals surface area contributed by atoms with Crippen molar-refractivity contribution in [3.05, 3.63) is 12.2 Å². The van der Waals surface area contributed by atoms with Gasteiger partial charge in [0, 0.05) is 6.04 Å². The van der Waals surface area contributed by atoms with E-state index in [1.54, 1.807) is 6.42 Å². The second-order valence-electron chi connectivity index (χ2n) is 7.29. The SMILES string of the molecule is C=C(C)C(NCCC)C1C2CC3CC(C2)CC1C3. The lowest BCUT2D eigenvalue weighted by Crippen LogP contribution is -2.53. The predicted octanol–water partition coefficient (Wildman–Crippen LogP) is 4.00. The van der Waals surface area contributed by atoms with Gasteiger partial charge in [-0.1, -0.05) is 19.1 Å². The average Bonchev–Trinajstić information content (AvgIpc) is 2.31. The minimum absolute atomic E-state index is 0.597. The Kier molecular flexibility index (Phi) is 3.53. The van der Waals surface area contributed by atoms with Crippen molar-refractivity contribution in [1.29, 1.82) is 0 Å². The molecule has 18 heavy (non-hydrogen) atoms. The van der Waals surface area contributed by atoms with Gasteiger partial charge in [-0.3, -0.25) is 0 Å². The van der Waals surface area contributed by atoms with E-state index in [1.165, 1.54) is 37.7 Å². The van der Waals surface area contributed by atoms with Crippen molar-refractivity contribution >= 4 is 0 Å². The van der Waals surface area contributed by atoms with E-state index in [0.717, 1.165) is 36.1 Å². The lowest BCUT2D eigenvalue weighted by Gasteiger charge is -2.56. The number of rotatable bonds is 5. The Bertz CT molecular complexity index is 292. The van der Waals surface area contributed by atoms with Crippen LogP contribution in [0.2, 0.25) is 0 Å². The first-order chi connectivity index (χ1) is 8.69. The van der Waals surface area contributed by atoms with Gasteiger partial charge in [0.05, 0.1) is 0 Å². The Labute approximate surface area is 112 Å². The summed E-state index contributed by atoms with van der Waals surface area (Å²) >= 11 is 0. The van der Waals surface area contributed by atoms with Crippen LogP contribution in [0.15, 0.2) is 12.2 Å². The van der Waals surface area contributed by atoms with E-state index in [2.05, 4.69) is 25.7 Å². The van der Waals surface area contributed by atoms with Crippen LogP contribution < -0.4 is 5.32 Å². The van der Waals surface area contributed by atoms with Crippen molar-refractivity contribution in [3.63, 3.8) is 0 Å². The molecule has 1 atom stereocenters. The van der Waals surface area contributed by atoms with Gasteiger partial charge in [-0.25, -0.2) is 0 Å². The molecule has 0 aromatic heterocycles. The maximum absolute atomic E-state index is 4.28. The molecule has 1 N–H and O–H groups in total. The van der Waals surface area contributed by atoms with Crippen molar-refractivity contribution in [2.45, 2.75) is 58.4 Å². The largest absolute Gasteiger partial charge is 0.310 e. The van der Waals surface area contributed by atoms with Gasteiger partial charge in [-0.15, -0.1) is 0 Å². The molecule has 0 aromatic rings. The third kappa shape index (κ3) is 2.15. The number of hydrogen-bond donors (Lipinski definition) is 1. The molecule has 102 valence electrons. The normalized spacial score (nSPS) is 43.1. The van der Waals surface area contributed by atoms with Gasteiger partial charge < -0.3 is 5.32 Å². The molecule has 4 aliphatic rings. The monoisotopic (exact) mass is 247 g/mol. The maximum Gasteiger partial charge on any atom is 0.0307 e. The summed E-state index contributed by atoms with van der Waals surface area (Å²) < 4.78 is 0. The van der Waals surface area contributed by atoms with Crippen LogP contribution in [0.1, 0.15) is 52.4 Å². The van der Waals surface area contributed by atoms with Gasteiger partial charge in [0.1, 0.15) is 0 Å². The van der Waals surface area contributed by atoms with Crippen molar-refractivity contribution in [1.82, 2.24) is 5.32 Å². The highest BCUT2D eigenvalue weighted by molar-refractivity contribution is 5.11. The third-order valence-corrected chi connectivity index (χ3v) is 5.83. The second-order valence-corrected chi connectivity index (χ2v) is 7.29. The summed E-state index contributed by atoms with van der Waals surface area (Å²) in [5.41, 5.74) is 1.38. The number of hydrogen-bond acceptors (Lipinski definition) is 1. The average molecular weight is 247 g/mol. The van der Waals surface area contributed by atoms with Gasteiger partial charge in [0.2, 0.25) is 0 Å².